The van der Waals surface area contributed by atoms with Crippen LogP contribution in [-0.2, 0) is 6.42 Å². The fraction of sp³-hybridized carbons (Fsp3) is 0.250. The second-order valence-electron chi connectivity index (χ2n) is 4.45. The highest BCUT2D eigenvalue weighted by molar-refractivity contribution is 6.30. The number of hydrogen-bond acceptors (Lipinski definition) is 1. The van der Waals surface area contributed by atoms with Crippen LogP contribution in [0.3, 0.4) is 0 Å². The molecule has 0 radical (unpaired) electrons. The zero-order valence-corrected chi connectivity index (χ0v) is 11.0. The Morgan fingerprint density at radius 3 is 2.50 bits per heavy atom. The van der Waals surface area contributed by atoms with Crippen molar-refractivity contribution in [2.24, 2.45) is 0 Å². The van der Waals surface area contributed by atoms with E-state index in [1.165, 1.54) is 5.56 Å². The summed E-state index contributed by atoms with van der Waals surface area (Å²) in [5.74, 6) is 0. The quantitative estimate of drug-likeness (QED) is 0.845. The van der Waals surface area contributed by atoms with Crippen molar-refractivity contribution in [2.45, 2.75) is 25.4 Å². The summed E-state index contributed by atoms with van der Waals surface area (Å²) < 4.78 is 0. The summed E-state index contributed by atoms with van der Waals surface area (Å²) in [7, 11) is 0. The molecule has 0 aliphatic rings. The smallest absolute Gasteiger partial charge is 0.0790 e. The van der Waals surface area contributed by atoms with Crippen LogP contribution in [0.15, 0.2) is 54.6 Å². The Hall–Kier alpha value is -1.31. The van der Waals surface area contributed by atoms with Crippen LogP contribution in [-0.4, -0.2) is 5.11 Å². The molecule has 0 bridgehead atoms. The Labute approximate surface area is 113 Å². The molecule has 1 unspecified atom stereocenters. The molecule has 0 aromatic heterocycles. The highest BCUT2D eigenvalue weighted by atomic mass is 35.5. The summed E-state index contributed by atoms with van der Waals surface area (Å²) >= 11 is 5.93. The molecule has 0 aliphatic heterocycles. The van der Waals surface area contributed by atoms with Gasteiger partial charge in [-0.15, -0.1) is 0 Å². The van der Waals surface area contributed by atoms with Crippen LogP contribution in [0.25, 0.3) is 0 Å². The molecule has 0 saturated carbocycles. The van der Waals surface area contributed by atoms with E-state index in [1.807, 2.05) is 48.5 Å². The van der Waals surface area contributed by atoms with E-state index in [1.54, 1.807) is 0 Å². The van der Waals surface area contributed by atoms with Crippen LogP contribution >= 0.6 is 11.6 Å². The molecule has 0 amide bonds. The van der Waals surface area contributed by atoms with Gasteiger partial charge in [-0.3, -0.25) is 0 Å². The lowest BCUT2D eigenvalue weighted by atomic mass is 10.0. The summed E-state index contributed by atoms with van der Waals surface area (Å²) in [6.45, 7) is 0. The summed E-state index contributed by atoms with van der Waals surface area (Å²) in [5.41, 5.74) is 2.21. The number of aliphatic hydroxyl groups is 1. The van der Waals surface area contributed by atoms with E-state index in [0.29, 0.717) is 0 Å². The van der Waals surface area contributed by atoms with Gasteiger partial charge < -0.3 is 5.11 Å². The summed E-state index contributed by atoms with van der Waals surface area (Å²) in [6, 6.07) is 17.7. The van der Waals surface area contributed by atoms with E-state index in [4.69, 9.17) is 11.6 Å². The summed E-state index contributed by atoms with van der Waals surface area (Å²) in [6.07, 6.45) is 2.31. The number of halogens is 1. The standard InChI is InChI=1S/C16H17ClO/c17-15-10-4-6-13(12-15)7-5-11-16(18)14-8-2-1-3-9-14/h1-4,6,8-10,12,16,18H,5,7,11H2. The van der Waals surface area contributed by atoms with E-state index in [0.717, 1.165) is 29.8 Å². The van der Waals surface area contributed by atoms with Crippen molar-refractivity contribution in [2.75, 3.05) is 0 Å². The topological polar surface area (TPSA) is 20.2 Å². The van der Waals surface area contributed by atoms with Gasteiger partial charge in [-0.1, -0.05) is 54.1 Å². The highest BCUT2D eigenvalue weighted by Gasteiger charge is 2.06. The Bertz CT molecular complexity index is 481. The third-order valence-electron chi connectivity index (χ3n) is 3.02. The average molecular weight is 261 g/mol. The van der Waals surface area contributed by atoms with Gasteiger partial charge in [0.05, 0.1) is 6.10 Å². The van der Waals surface area contributed by atoms with Gasteiger partial charge >= 0.3 is 0 Å². The molecule has 1 atom stereocenters. The minimum Gasteiger partial charge on any atom is -0.388 e. The lowest BCUT2D eigenvalue weighted by Gasteiger charge is -2.10. The second-order valence-corrected chi connectivity index (χ2v) is 4.89. The highest BCUT2D eigenvalue weighted by Crippen LogP contribution is 2.20. The van der Waals surface area contributed by atoms with E-state index >= 15 is 0 Å². The third kappa shape index (κ3) is 3.86. The monoisotopic (exact) mass is 260 g/mol. The molecule has 94 valence electrons. The predicted octanol–water partition coefficient (Wildman–Crippen LogP) is 4.40. The Morgan fingerprint density at radius 1 is 1.00 bits per heavy atom. The number of hydrogen-bond donors (Lipinski definition) is 1. The number of aryl methyl sites for hydroxylation is 1. The first-order valence-corrected chi connectivity index (χ1v) is 6.61. The maximum absolute atomic E-state index is 10.0. The van der Waals surface area contributed by atoms with Gasteiger partial charge in [0, 0.05) is 5.02 Å². The largest absolute Gasteiger partial charge is 0.388 e. The van der Waals surface area contributed by atoms with E-state index in [2.05, 4.69) is 6.07 Å². The number of benzene rings is 2. The molecule has 0 fully saturated rings. The molecule has 0 aliphatic carbocycles. The molecular weight excluding hydrogens is 244 g/mol. The minimum absolute atomic E-state index is 0.370. The molecule has 1 nitrogen and oxygen atoms in total. The van der Waals surface area contributed by atoms with Crippen molar-refractivity contribution >= 4 is 11.6 Å². The molecule has 2 aromatic rings. The van der Waals surface area contributed by atoms with Crippen LogP contribution < -0.4 is 0 Å². The third-order valence-corrected chi connectivity index (χ3v) is 3.25. The molecule has 0 heterocycles. The molecule has 1 N–H and O–H groups in total. The first-order chi connectivity index (χ1) is 8.75. The Morgan fingerprint density at radius 2 is 1.78 bits per heavy atom. The van der Waals surface area contributed by atoms with Crippen LogP contribution in [0.4, 0.5) is 0 Å². The average Bonchev–Trinajstić information content (AvgIpc) is 2.40. The summed E-state index contributed by atoms with van der Waals surface area (Å²) in [4.78, 5) is 0. The van der Waals surface area contributed by atoms with Crippen LogP contribution in [0, 0.1) is 0 Å². The van der Waals surface area contributed by atoms with E-state index in [-0.39, 0.29) is 6.10 Å². The fourth-order valence-electron chi connectivity index (χ4n) is 2.03. The predicted molar refractivity (Wildman–Crippen MR) is 75.8 cm³/mol. The van der Waals surface area contributed by atoms with Crippen molar-refractivity contribution in [1.82, 2.24) is 0 Å². The molecule has 0 spiro atoms. The Balaban J connectivity index is 1.82. The molecule has 2 aromatic carbocycles. The molecule has 2 heteroatoms. The zero-order chi connectivity index (χ0) is 12.8. The van der Waals surface area contributed by atoms with E-state index in [9.17, 15) is 5.11 Å². The molecular formula is C16H17ClO. The Kier molecular flexibility index (Phi) is 4.80. The van der Waals surface area contributed by atoms with Gasteiger partial charge in [0.25, 0.3) is 0 Å². The van der Waals surface area contributed by atoms with Crippen molar-refractivity contribution in [3.63, 3.8) is 0 Å². The van der Waals surface area contributed by atoms with Gasteiger partial charge in [0.15, 0.2) is 0 Å². The number of rotatable bonds is 5. The lowest BCUT2D eigenvalue weighted by molar-refractivity contribution is 0.164. The van der Waals surface area contributed by atoms with Gasteiger partial charge in [0.1, 0.15) is 0 Å². The van der Waals surface area contributed by atoms with E-state index < -0.39 is 0 Å². The van der Waals surface area contributed by atoms with Crippen LogP contribution in [0.5, 0.6) is 0 Å². The lowest BCUT2D eigenvalue weighted by Crippen LogP contribution is -1.98. The van der Waals surface area contributed by atoms with Crippen molar-refractivity contribution in [3.05, 3.63) is 70.7 Å². The van der Waals surface area contributed by atoms with Gasteiger partial charge in [0.2, 0.25) is 0 Å². The van der Waals surface area contributed by atoms with Gasteiger partial charge in [-0.05, 0) is 42.5 Å². The summed E-state index contributed by atoms with van der Waals surface area (Å²) in [5, 5.41) is 10.8. The molecule has 2 rings (SSSR count). The second kappa shape index (κ2) is 6.58. The van der Waals surface area contributed by atoms with Crippen molar-refractivity contribution < 1.29 is 5.11 Å². The normalized spacial score (nSPS) is 12.3. The maximum atomic E-state index is 10.0. The van der Waals surface area contributed by atoms with Gasteiger partial charge in [-0.2, -0.15) is 0 Å². The zero-order valence-electron chi connectivity index (χ0n) is 10.2. The van der Waals surface area contributed by atoms with Crippen molar-refractivity contribution in [3.8, 4) is 0 Å². The molecule has 18 heavy (non-hydrogen) atoms. The maximum Gasteiger partial charge on any atom is 0.0790 e. The van der Waals surface area contributed by atoms with Crippen molar-refractivity contribution in [1.29, 1.82) is 0 Å². The number of aliphatic hydroxyl groups excluding tert-OH is 1. The fourth-order valence-corrected chi connectivity index (χ4v) is 2.25. The van der Waals surface area contributed by atoms with Crippen LogP contribution in [0.1, 0.15) is 30.1 Å². The molecule has 0 saturated heterocycles. The minimum atomic E-state index is -0.370. The SMILES string of the molecule is OC(CCCc1cccc(Cl)c1)c1ccccc1. The first kappa shape index (κ1) is 13.1. The van der Waals surface area contributed by atoms with Crippen LogP contribution in [0.2, 0.25) is 5.02 Å². The van der Waals surface area contributed by atoms with Gasteiger partial charge in [-0.25, -0.2) is 0 Å². The first-order valence-electron chi connectivity index (χ1n) is 6.23.